The number of amides is 1. The quantitative estimate of drug-likeness (QED) is 0.207. The Kier molecular flexibility index (Phi) is 10.2. The third kappa shape index (κ3) is 8.73. The lowest BCUT2D eigenvalue weighted by atomic mass is 9.76. The molecule has 0 heterocycles. The molecule has 0 atom stereocenters. The number of hydrazine groups is 1. The van der Waals surface area contributed by atoms with Gasteiger partial charge in [0.25, 0.3) is 0 Å². The summed E-state index contributed by atoms with van der Waals surface area (Å²) in [6, 6.07) is 13.2. The second-order valence-corrected chi connectivity index (χ2v) is 12.4. The zero-order chi connectivity index (χ0) is 27.0. The molecule has 0 aliphatic heterocycles. The first-order valence-corrected chi connectivity index (χ1v) is 14.4. The second-order valence-electron chi connectivity index (χ2n) is 10.5. The topological polar surface area (TPSA) is 96.5 Å². The van der Waals surface area contributed by atoms with Crippen molar-refractivity contribution in [2.45, 2.75) is 85.0 Å². The molecular formula is C28H43N3O4S. The van der Waals surface area contributed by atoms with Crippen molar-refractivity contribution >= 4 is 27.3 Å². The number of benzene rings is 2. The van der Waals surface area contributed by atoms with Crippen molar-refractivity contribution in [1.29, 1.82) is 0 Å². The molecule has 0 radical (unpaired) electrons. The second kappa shape index (κ2) is 12.5. The number of nitrogens with one attached hydrogen (secondary N) is 3. The molecule has 3 N–H and O–H groups in total. The molecule has 2 aromatic rings. The zero-order valence-electron chi connectivity index (χ0n) is 22.8. The van der Waals surface area contributed by atoms with E-state index in [4.69, 9.17) is 4.74 Å². The van der Waals surface area contributed by atoms with Gasteiger partial charge in [-0.05, 0) is 72.4 Å². The summed E-state index contributed by atoms with van der Waals surface area (Å²) in [7, 11) is -3.47. The van der Waals surface area contributed by atoms with Crippen molar-refractivity contribution in [1.82, 2.24) is 5.43 Å². The van der Waals surface area contributed by atoms with Gasteiger partial charge in [0.1, 0.15) is 5.75 Å². The minimum atomic E-state index is -3.47. The molecule has 200 valence electrons. The van der Waals surface area contributed by atoms with E-state index in [0.717, 1.165) is 18.6 Å². The Hall–Kier alpha value is -2.74. The molecule has 0 bridgehead atoms. The summed E-state index contributed by atoms with van der Waals surface area (Å²) in [6.07, 6.45) is 3.17. The van der Waals surface area contributed by atoms with Crippen LogP contribution in [0.1, 0.15) is 85.3 Å². The van der Waals surface area contributed by atoms with Crippen LogP contribution in [-0.4, -0.2) is 26.7 Å². The van der Waals surface area contributed by atoms with Crippen LogP contribution >= 0.6 is 0 Å². The first-order valence-electron chi connectivity index (χ1n) is 12.7. The Labute approximate surface area is 217 Å². The summed E-state index contributed by atoms with van der Waals surface area (Å²) in [6.45, 7) is 15.2. The Morgan fingerprint density at radius 3 is 2.08 bits per heavy atom. The zero-order valence-corrected chi connectivity index (χ0v) is 23.6. The number of sulfonamides is 1. The summed E-state index contributed by atoms with van der Waals surface area (Å²) >= 11 is 0. The van der Waals surface area contributed by atoms with Crippen molar-refractivity contribution in [3.63, 3.8) is 0 Å². The molecule has 0 aliphatic carbocycles. The van der Waals surface area contributed by atoms with Crippen molar-refractivity contribution in [3.05, 3.63) is 53.6 Å². The van der Waals surface area contributed by atoms with E-state index >= 15 is 0 Å². The summed E-state index contributed by atoms with van der Waals surface area (Å²) < 4.78 is 33.7. The van der Waals surface area contributed by atoms with Crippen LogP contribution in [0.25, 0.3) is 0 Å². The summed E-state index contributed by atoms with van der Waals surface area (Å²) in [5, 5.41) is 0. The van der Waals surface area contributed by atoms with Gasteiger partial charge in [0, 0.05) is 18.2 Å². The van der Waals surface area contributed by atoms with Gasteiger partial charge in [-0.2, -0.15) is 0 Å². The first kappa shape index (κ1) is 29.5. The normalized spacial score (nSPS) is 12.2. The molecule has 7 nitrogen and oxygen atoms in total. The van der Waals surface area contributed by atoms with Crippen LogP contribution in [0, 0.1) is 0 Å². The van der Waals surface area contributed by atoms with E-state index in [9.17, 15) is 13.2 Å². The maximum atomic E-state index is 12.5. The standard InChI is InChI=1S/C28H43N3O4S/c1-8-27(4,5)22-12-17-26(25(20-22)28(6,7)9-2)35-18-10-11-19-36(33,34)31-24-15-13-23(14-16-24)30-29-21(3)32/h12-17,20,30-31H,8-11,18-19H2,1-7H3,(H,29,32). The largest absolute Gasteiger partial charge is 0.493 e. The third-order valence-electron chi connectivity index (χ3n) is 6.86. The van der Waals surface area contributed by atoms with Crippen molar-refractivity contribution in [3.8, 4) is 5.75 Å². The Morgan fingerprint density at radius 1 is 0.889 bits per heavy atom. The smallest absolute Gasteiger partial charge is 0.235 e. The number of hydrogen-bond acceptors (Lipinski definition) is 5. The molecule has 0 saturated heterocycles. The van der Waals surface area contributed by atoms with Gasteiger partial charge in [-0.1, -0.05) is 53.7 Å². The van der Waals surface area contributed by atoms with Gasteiger partial charge in [0.15, 0.2) is 0 Å². The van der Waals surface area contributed by atoms with Crippen molar-refractivity contribution < 1.29 is 17.9 Å². The average Bonchev–Trinajstić information content (AvgIpc) is 2.83. The molecule has 0 unspecified atom stereocenters. The summed E-state index contributed by atoms with van der Waals surface area (Å²) in [5.74, 6) is 0.678. The maximum absolute atomic E-state index is 12.5. The predicted octanol–water partition coefficient (Wildman–Crippen LogP) is 6.13. The van der Waals surface area contributed by atoms with Gasteiger partial charge in [-0.3, -0.25) is 20.4 Å². The highest BCUT2D eigenvalue weighted by Gasteiger charge is 2.26. The lowest BCUT2D eigenvalue weighted by molar-refractivity contribution is -0.118. The number of hydrogen-bond donors (Lipinski definition) is 3. The van der Waals surface area contributed by atoms with E-state index in [1.54, 1.807) is 24.3 Å². The van der Waals surface area contributed by atoms with Gasteiger partial charge >= 0.3 is 0 Å². The fraction of sp³-hybridized carbons (Fsp3) is 0.536. The van der Waals surface area contributed by atoms with E-state index in [-0.39, 0.29) is 22.5 Å². The van der Waals surface area contributed by atoms with E-state index in [1.807, 2.05) is 0 Å². The van der Waals surface area contributed by atoms with Crippen LogP contribution < -0.4 is 20.3 Å². The van der Waals surface area contributed by atoms with E-state index in [2.05, 4.69) is 75.3 Å². The first-order chi connectivity index (χ1) is 16.8. The van der Waals surface area contributed by atoms with Crippen LogP contribution in [0.2, 0.25) is 0 Å². The van der Waals surface area contributed by atoms with Crippen LogP contribution in [0.3, 0.4) is 0 Å². The van der Waals surface area contributed by atoms with Gasteiger partial charge in [-0.15, -0.1) is 0 Å². The molecular weight excluding hydrogens is 474 g/mol. The van der Waals surface area contributed by atoms with Crippen molar-refractivity contribution in [2.75, 3.05) is 22.5 Å². The van der Waals surface area contributed by atoms with E-state index < -0.39 is 10.0 Å². The molecule has 0 saturated carbocycles. The molecule has 36 heavy (non-hydrogen) atoms. The number of unbranched alkanes of at least 4 members (excludes halogenated alkanes) is 1. The van der Waals surface area contributed by atoms with Gasteiger partial charge in [0.2, 0.25) is 15.9 Å². The van der Waals surface area contributed by atoms with Crippen LogP contribution in [0.15, 0.2) is 42.5 Å². The highest BCUT2D eigenvalue weighted by Crippen LogP contribution is 2.38. The number of carbonyl (C=O) groups excluding carboxylic acids is 1. The van der Waals surface area contributed by atoms with E-state index in [0.29, 0.717) is 30.8 Å². The van der Waals surface area contributed by atoms with Crippen LogP contribution in [0.4, 0.5) is 11.4 Å². The fourth-order valence-electron chi connectivity index (χ4n) is 3.59. The highest BCUT2D eigenvalue weighted by atomic mass is 32.2. The van der Waals surface area contributed by atoms with Gasteiger partial charge in [0.05, 0.1) is 18.0 Å². The SMILES string of the molecule is CCC(C)(C)c1ccc(OCCCCS(=O)(=O)Nc2ccc(NNC(C)=O)cc2)c(C(C)(C)CC)c1. The molecule has 2 rings (SSSR count). The maximum Gasteiger partial charge on any atom is 0.235 e. The molecule has 2 aromatic carbocycles. The lowest BCUT2D eigenvalue weighted by Crippen LogP contribution is -2.26. The van der Waals surface area contributed by atoms with Gasteiger partial charge in [-0.25, -0.2) is 8.42 Å². The molecule has 8 heteroatoms. The minimum absolute atomic E-state index is 0.0131. The van der Waals surface area contributed by atoms with Crippen LogP contribution in [-0.2, 0) is 25.6 Å². The van der Waals surface area contributed by atoms with Gasteiger partial charge < -0.3 is 4.74 Å². The van der Waals surface area contributed by atoms with Crippen molar-refractivity contribution in [2.24, 2.45) is 0 Å². The third-order valence-corrected chi connectivity index (χ3v) is 8.24. The fourth-order valence-corrected chi connectivity index (χ4v) is 4.77. The number of anilines is 2. The Balaban J connectivity index is 1.92. The monoisotopic (exact) mass is 517 g/mol. The highest BCUT2D eigenvalue weighted by molar-refractivity contribution is 7.92. The number of rotatable bonds is 14. The Bertz CT molecular complexity index is 1110. The lowest BCUT2D eigenvalue weighted by Gasteiger charge is -2.30. The van der Waals surface area contributed by atoms with E-state index in [1.165, 1.54) is 18.1 Å². The molecule has 0 fully saturated rings. The predicted molar refractivity (Wildman–Crippen MR) is 149 cm³/mol. The summed E-state index contributed by atoms with van der Waals surface area (Å²) in [4.78, 5) is 11.0. The number of carbonyl (C=O) groups is 1. The average molecular weight is 518 g/mol. The molecule has 1 amide bonds. The summed E-state index contributed by atoms with van der Waals surface area (Å²) in [5.41, 5.74) is 8.93. The molecule has 0 aromatic heterocycles. The minimum Gasteiger partial charge on any atom is -0.493 e. The molecule has 0 spiro atoms. The Morgan fingerprint density at radius 2 is 1.50 bits per heavy atom. The number of ether oxygens (including phenoxy) is 1. The van der Waals surface area contributed by atoms with Crippen LogP contribution in [0.5, 0.6) is 5.75 Å². The molecule has 0 aliphatic rings.